The molecule has 7 N–H and O–H groups in total. The Kier molecular flexibility index (Phi) is 6.89. The number of aliphatic carboxylic acids is 1. The molecule has 0 bridgehead atoms. The van der Waals surface area contributed by atoms with Gasteiger partial charge in [0.1, 0.15) is 29.4 Å². The lowest BCUT2D eigenvalue weighted by atomic mass is 10.0. The van der Waals surface area contributed by atoms with Crippen molar-refractivity contribution in [3.05, 3.63) is 22.3 Å². The standard InChI is InChI=1S/C16H16N10O6S3/c17-7(27)1-25-16(21-23-24-25)35-3-5-2-33-13-9(12(29)26(13)10(5)14(30)31)20-11(28)8(22-32)6-4-34-15(18)19-6/h4,9,13,32H,1-3H2,(H2,17,27)(H2,18,19)(H,20,28)(H,30,31)/b22-8-/t9?,13-/m1/s1. The van der Waals surface area contributed by atoms with Gasteiger partial charge in [0.25, 0.3) is 11.8 Å². The molecule has 3 amide bonds. The smallest absolute Gasteiger partial charge is 0.352 e. The van der Waals surface area contributed by atoms with Gasteiger partial charge in [-0.1, -0.05) is 16.9 Å². The summed E-state index contributed by atoms with van der Waals surface area (Å²) in [4.78, 5) is 53.5. The number of primary amides is 1. The number of amides is 3. The summed E-state index contributed by atoms with van der Waals surface area (Å²) in [6.07, 6.45) is 0. The van der Waals surface area contributed by atoms with Crippen LogP contribution in [0.1, 0.15) is 5.69 Å². The highest BCUT2D eigenvalue weighted by Crippen LogP contribution is 2.41. The highest BCUT2D eigenvalue weighted by Gasteiger charge is 2.54. The van der Waals surface area contributed by atoms with Gasteiger partial charge in [0, 0.05) is 16.9 Å². The predicted octanol–water partition coefficient (Wildman–Crippen LogP) is -2.09. The van der Waals surface area contributed by atoms with Gasteiger partial charge >= 0.3 is 5.97 Å². The molecule has 4 rings (SSSR count). The van der Waals surface area contributed by atoms with Crippen LogP contribution in [0.2, 0.25) is 0 Å². The summed E-state index contributed by atoms with van der Waals surface area (Å²) in [6.45, 7) is -0.240. The number of anilines is 1. The number of β-lactam (4-membered cyclic amide) rings is 1. The van der Waals surface area contributed by atoms with Gasteiger partial charge in [0.05, 0.1) is 0 Å². The SMILES string of the molecule is NC(=O)Cn1nnnc1SCC1=C(C(=O)O)N2C(=O)C(NC(=O)/C(=N\O)c3csc(N)n3)[C@H]2SC1. The molecule has 0 spiro atoms. The summed E-state index contributed by atoms with van der Waals surface area (Å²) in [5.74, 6) is -3.07. The maximum Gasteiger partial charge on any atom is 0.352 e. The fraction of sp³-hybridized carbons (Fsp3) is 0.312. The number of carbonyl (C=O) groups is 4. The third kappa shape index (κ3) is 4.77. The number of hydrogen-bond acceptors (Lipinski definition) is 14. The Bertz CT molecular complexity index is 1270. The number of nitrogens with one attached hydrogen (secondary N) is 1. The van der Waals surface area contributed by atoms with Crippen LogP contribution in [0.4, 0.5) is 5.13 Å². The quantitative estimate of drug-likeness (QED) is 0.0753. The summed E-state index contributed by atoms with van der Waals surface area (Å²) in [5, 5.41) is 36.5. The summed E-state index contributed by atoms with van der Waals surface area (Å²) in [7, 11) is 0. The van der Waals surface area contributed by atoms with Crippen LogP contribution in [-0.2, 0) is 25.7 Å². The second-order valence-corrected chi connectivity index (χ2v) is 9.95. The molecule has 2 aliphatic rings. The molecule has 0 aromatic carbocycles. The highest BCUT2D eigenvalue weighted by atomic mass is 32.2. The van der Waals surface area contributed by atoms with E-state index in [1.54, 1.807) is 0 Å². The molecular formula is C16H16N10O6S3. The van der Waals surface area contributed by atoms with Crippen molar-refractivity contribution >= 4 is 69.4 Å². The van der Waals surface area contributed by atoms with Gasteiger partial charge in [0.2, 0.25) is 11.1 Å². The van der Waals surface area contributed by atoms with Crippen LogP contribution in [0.15, 0.2) is 27.0 Å². The Balaban J connectivity index is 1.47. The second kappa shape index (κ2) is 9.88. The summed E-state index contributed by atoms with van der Waals surface area (Å²) in [5.41, 5.74) is 10.5. The van der Waals surface area contributed by atoms with Crippen molar-refractivity contribution in [1.29, 1.82) is 0 Å². The van der Waals surface area contributed by atoms with Crippen molar-refractivity contribution in [3.8, 4) is 0 Å². The van der Waals surface area contributed by atoms with Crippen molar-refractivity contribution in [2.24, 2.45) is 10.9 Å². The molecule has 2 aromatic heterocycles. The third-order valence-corrected chi connectivity index (χ3v) is 7.85. The number of tetrazole rings is 1. The van der Waals surface area contributed by atoms with Crippen molar-refractivity contribution in [1.82, 2.24) is 35.4 Å². The number of hydrogen-bond donors (Lipinski definition) is 5. The molecule has 1 fully saturated rings. The molecule has 0 aliphatic carbocycles. The number of rotatable bonds is 9. The first-order chi connectivity index (χ1) is 16.7. The molecule has 19 heteroatoms. The normalized spacial score (nSPS) is 19.8. The first kappa shape index (κ1) is 24.4. The molecule has 2 aromatic rings. The number of nitrogens with two attached hydrogens (primary N) is 2. The molecule has 16 nitrogen and oxygen atoms in total. The van der Waals surface area contributed by atoms with Gasteiger partial charge in [-0.2, -0.15) is 0 Å². The number of aromatic nitrogens is 5. The van der Waals surface area contributed by atoms with Crippen LogP contribution in [0, 0.1) is 0 Å². The Morgan fingerprint density at radius 1 is 1.37 bits per heavy atom. The van der Waals surface area contributed by atoms with E-state index in [0.29, 0.717) is 5.57 Å². The van der Waals surface area contributed by atoms with Gasteiger partial charge < -0.3 is 27.1 Å². The average molecular weight is 541 g/mol. The summed E-state index contributed by atoms with van der Waals surface area (Å²) >= 11 is 3.38. The number of thioether (sulfide) groups is 2. The number of carbonyl (C=O) groups excluding carboxylic acids is 3. The Morgan fingerprint density at radius 2 is 2.14 bits per heavy atom. The zero-order valence-corrected chi connectivity index (χ0v) is 19.8. The van der Waals surface area contributed by atoms with E-state index in [4.69, 9.17) is 11.5 Å². The number of fused-ring (bicyclic) bond motifs is 1. The van der Waals surface area contributed by atoms with Gasteiger partial charge in [-0.3, -0.25) is 19.3 Å². The molecule has 35 heavy (non-hydrogen) atoms. The van der Waals surface area contributed by atoms with Crippen molar-refractivity contribution in [2.45, 2.75) is 23.1 Å². The van der Waals surface area contributed by atoms with Crippen LogP contribution in [0.25, 0.3) is 0 Å². The summed E-state index contributed by atoms with van der Waals surface area (Å²) < 4.78 is 1.18. The number of thiazole rings is 1. The van der Waals surface area contributed by atoms with Crippen LogP contribution < -0.4 is 16.8 Å². The third-order valence-electron chi connectivity index (χ3n) is 4.80. The lowest BCUT2D eigenvalue weighted by Gasteiger charge is -2.49. The van der Waals surface area contributed by atoms with Crippen LogP contribution in [0.5, 0.6) is 0 Å². The van der Waals surface area contributed by atoms with Crippen LogP contribution >= 0.6 is 34.9 Å². The molecule has 184 valence electrons. The first-order valence-corrected chi connectivity index (χ1v) is 12.4. The second-order valence-electron chi connectivity index (χ2n) is 7.01. The van der Waals surface area contributed by atoms with Crippen molar-refractivity contribution in [2.75, 3.05) is 17.2 Å². The Labute approximate surface area is 207 Å². The zero-order chi connectivity index (χ0) is 25.3. The van der Waals surface area contributed by atoms with Gasteiger partial charge in [-0.05, 0) is 16.0 Å². The largest absolute Gasteiger partial charge is 0.477 e. The minimum Gasteiger partial charge on any atom is -0.477 e. The highest BCUT2D eigenvalue weighted by molar-refractivity contribution is 8.01. The first-order valence-electron chi connectivity index (χ1n) is 9.52. The van der Waals surface area contributed by atoms with E-state index in [1.165, 1.54) is 21.8 Å². The minimum atomic E-state index is -1.31. The lowest BCUT2D eigenvalue weighted by Crippen LogP contribution is -2.71. The van der Waals surface area contributed by atoms with Gasteiger partial charge in [0.15, 0.2) is 10.8 Å². The molecule has 0 saturated carbocycles. The minimum absolute atomic E-state index is 0.0385. The molecule has 2 atom stereocenters. The summed E-state index contributed by atoms with van der Waals surface area (Å²) in [6, 6.07) is -1.04. The van der Waals surface area contributed by atoms with E-state index in [-0.39, 0.29) is 39.7 Å². The van der Waals surface area contributed by atoms with E-state index < -0.39 is 40.8 Å². The van der Waals surface area contributed by atoms with Crippen molar-refractivity contribution in [3.63, 3.8) is 0 Å². The van der Waals surface area contributed by atoms with E-state index >= 15 is 0 Å². The van der Waals surface area contributed by atoms with E-state index in [0.717, 1.165) is 28.0 Å². The van der Waals surface area contributed by atoms with Gasteiger partial charge in [-0.15, -0.1) is 28.2 Å². The lowest BCUT2D eigenvalue weighted by molar-refractivity contribution is -0.150. The molecule has 2 aliphatic heterocycles. The molecule has 1 saturated heterocycles. The number of oxime groups is 1. The maximum atomic E-state index is 12.8. The Hall–Kier alpha value is -3.71. The number of nitrogens with zero attached hydrogens (tertiary/aromatic N) is 7. The molecule has 0 radical (unpaired) electrons. The number of nitrogen functional groups attached to an aromatic ring is 1. The zero-order valence-electron chi connectivity index (χ0n) is 17.4. The fourth-order valence-electron chi connectivity index (χ4n) is 3.31. The maximum absolute atomic E-state index is 12.8. The predicted molar refractivity (Wildman–Crippen MR) is 122 cm³/mol. The average Bonchev–Trinajstić information content (AvgIpc) is 3.43. The van der Waals surface area contributed by atoms with Crippen LogP contribution in [-0.4, -0.2) is 92.7 Å². The molecule has 4 heterocycles. The monoisotopic (exact) mass is 540 g/mol. The molecule has 1 unspecified atom stereocenters. The van der Waals surface area contributed by atoms with E-state index in [9.17, 15) is 29.5 Å². The van der Waals surface area contributed by atoms with E-state index in [2.05, 4.69) is 31.0 Å². The Morgan fingerprint density at radius 3 is 2.77 bits per heavy atom. The number of carboxylic acid groups (broad SMARTS) is 1. The molecular weight excluding hydrogens is 524 g/mol. The van der Waals surface area contributed by atoms with Gasteiger partial charge in [-0.25, -0.2) is 14.5 Å². The fourth-order valence-corrected chi connectivity index (χ4v) is 6.22. The number of carboxylic acids is 1. The topological polar surface area (TPSA) is 245 Å². The van der Waals surface area contributed by atoms with Crippen molar-refractivity contribution < 1.29 is 29.5 Å². The van der Waals surface area contributed by atoms with E-state index in [1.807, 2.05) is 0 Å². The van der Waals surface area contributed by atoms with Crippen LogP contribution in [0.3, 0.4) is 0 Å².